The van der Waals surface area contributed by atoms with Crippen LogP contribution in [0.5, 0.6) is 0 Å². The maximum Gasteiger partial charge on any atom is 0.416 e. The number of imidazole rings is 1. The molecule has 7 heteroatoms. The Balaban J connectivity index is 1.64. The van der Waals surface area contributed by atoms with Crippen LogP contribution in [0.25, 0.3) is 0 Å². The number of likely N-dealkylation sites (tertiary alicyclic amines) is 1. The van der Waals surface area contributed by atoms with E-state index in [-0.39, 0.29) is 6.04 Å². The Bertz CT molecular complexity index is 640. The molecule has 0 aliphatic carbocycles. The zero-order valence-electron chi connectivity index (χ0n) is 13.2. The summed E-state index contributed by atoms with van der Waals surface area (Å²) in [5.74, 6) is 0. The Morgan fingerprint density at radius 1 is 1.17 bits per heavy atom. The van der Waals surface area contributed by atoms with E-state index in [0.29, 0.717) is 13.0 Å². The molecule has 1 aromatic heterocycles. The lowest BCUT2D eigenvalue weighted by atomic mass is 10.0. The van der Waals surface area contributed by atoms with Gasteiger partial charge >= 0.3 is 6.18 Å². The van der Waals surface area contributed by atoms with Gasteiger partial charge < -0.3 is 9.67 Å². The van der Waals surface area contributed by atoms with Crippen LogP contribution < -0.4 is 0 Å². The number of alkyl halides is 3. The smallest absolute Gasteiger partial charge is 0.392 e. The third kappa shape index (κ3) is 3.96. The van der Waals surface area contributed by atoms with E-state index >= 15 is 0 Å². The minimum atomic E-state index is -4.32. The number of aliphatic hydroxyl groups excluding tert-OH is 1. The standard InChI is InChI=1S/C17H20F3N3O/c18-17(19,20)14-4-2-13(3-5-14)16-10-15(24)11-23(16)8-1-7-22-9-6-21-12-22/h2-6,9,12,15-16,24H,1,7-8,10-11H2. The van der Waals surface area contributed by atoms with Gasteiger partial charge in [-0.15, -0.1) is 0 Å². The van der Waals surface area contributed by atoms with Crippen LogP contribution in [0.1, 0.15) is 30.0 Å². The molecule has 0 amide bonds. The number of hydrogen-bond acceptors (Lipinski definition) is 3. The average molecular weight is 339 g/mol. The van der Waals surface area contributed by atoms with Gasteiger partial charge in [0, 0.05) is 38.1 Å². The molecule has 2 atom stereocenters. The normalized spacial score (nSPS) is 22.2. The van der Waals surface area contributed by atoms with E-state index in [1.807, 2.05) is 10.8 Å². The third-order valence-corrected chi connectivity index (χ3v) is 4.42. The van der Waals surface area contributed by atoms with E-state index in [4.69, 9.17) is 0 Å². The van der Waals surface area contributed by atoms with Gasteiger partial charge in [-0.3, -0.25) is 4.90 Å². The molecule has 4 nitrogen and oxygen atoms in total. The second-order valence-electron chi connectivity index (χ2n) is 6.17. The summed E-state index contributed by atoms with van der Waals surface area (Å²) >= 11 is 0. The first-order valence-electron chi connectivity index (χ1n) is 7.98. The highest BCUT2D eigenvalue weighted by atomic mass is 19.4. The number of hydrogen-bond donors (Lipinski definition) is 1. The van der Waals surface area contributed by atoms with Crippen LogP contribution in [-0.2, 0) is 12.7 Å². The van der Waals surface area contributed by atoms with Crippen molar-refractivity contribution in [1.29, 1.82) is 0 Å². The minimum absolute atomic E-state index is 0.0370. The van der Waals surface area contributed by atoms with Gasteiger partial charge in [-0.25, -0.2) is 4.98 Å². The summed E-state index contributed by atoms with van der Waals surface area (Å²) < 4.78 is 40.0. The Kier molecular flexibility index (Phi) is 4.91. The molecule has 0 spiro atoms. The fraction of sp³-hybridized carbons (Fsp3) is 0.471. The van der Waals surface area contributed by atoms with E-state index in [1.165, 1.54) is 12.1 Å². The van der Waals surface area contributed by atoms with Crippen molar-refractivity contribution in [2.45, 2.75) is 37.7 Å². The molecule has 130 valence electrons. The molecule has 0 saturated carbocycles. The van der Waals surface area contributed by atoms with Crippen molar-refractivity contribution in [3.05, 3.63) is 54.1 Å². The molecule has 1 aliphatic heterocycles. The highest BCUT2D eigenvalue weighted by Crippen LogP contribution is 2.35. The summed E-state index contributed by atoms with van der Waals surface area (Å²) in [7, 11) is 0. The zero-order valence-corrected chi connectivity index (χ0v) is 13.2. The van der Waals surface area contributed by atoms with Crippen LogP contribution in [0, 0.1) is 0 Å². The first kappa shape index (κ1) is 17.0. The lowest BCUT2D eigenvalue weighted by molar-refractivity contribution is -0.137. The molecule has 1 aliphatic rings. The number of halogens is 3. The Labute approximate surface area is 138 Å². The van der Waals surface area contributed by atoms with E-state index in [2.05, 4.69) is 9.88 Å². The first-order valence-corrected chi connectivity index (χ1v) is 7.98. The second kappa shape index (κ2) is 6.94. The van der Waals surface area contributed by atoms with Gasteiger partial charge in [0.1, 0.15) is 0 Å². The maximum atomic E-state index is 12.7. The van der Waals surface area contributed by atoms with Gasteiger partial charge in [-0.2, -0.15) is 13.2 Å². The minimum Gasteiger partial charge on any atom is -0.392 e. The fourth-order valence-corrected chi connectivity index (χ4v) is 3.24. The highest BCUT2D eigenvalue weighted by Gasteiger charge is 2.33. The summed E-state index contributed by atoms with van der Waals surface area (Å²) in [4.78, 5) is 6.14. The number of aromatic nitrogens is 2. The van der Waals surface area contributed by atoms with Crippen molar-refractivity contribution in [1.82, 2.24) is 14.5 Å². The van der Waals surface area contributed by atoms with Crippen LogP contribution in [0.4, 0.5) is 13.2 Å². The highest BCUT2D eigenvalue weighted by molar-refractivity contribution is 5.27. The molecule has 0 bridgehead atoms. The van der Waals surface area contributed by atoms with Gasteiger partial charge in [0.05, 0.1) is 18.0 Å². The summed E-state index contributed by atoms with van der Waals surface area (Å²) in [5, 5.41) is 9.96. The van der Waals surface area contributed by atoms with Gasteiger partial charge in [0.25, 0.3) is 0 Å². The number of nitrogens with zero attached hydrogens (tertiary/aromatic N) is 3. The number of rotatable bonds is 5. The van der Waals surface area contributed by atoms with Crippen molar-refractivity contribution in [3.8, 4) is 0 Å². The van der Waals surface area contributed by atoms with Crippen molar-refractivity contribution >= 4 is 0 Å². The molecule has 24 heavy (non-hydrogen) atoms. The van der Waals surface area contributed by atoms with Crippen LogP contribution in [-0.4, -0.2) is 38.8 Å². The summed E-state index contributed by atoms with van der Waals surface area (Å²) in [6.07, 6.45) is 2.06. The quantitative estimate of drug-likeness (QED) is 0.910. The van der Waals surface area contributed by atoms with E-state index in [1.54, 1.807) is 12.5 Å². The predicted octanol–water partition coefficient (Wildman–Crippen LogP) is 3.10. The lowest BCUT2D eigenvalue weighted by Gasteiger charge is -2.24. The second-order valence-corrected chi connectivity index (χ2v) is 6.17. The maximum absolute atomic E-state index is 12.7. The fourth-order valence-electron chi connectivity index (χ4n) is 3.24. The molecule has 1 N–H and O–H groups in total. The molecule has 0 radical (unpaired) electrons. The summed E-state index contributed by atoms with van der Waals surface area (Å²) in [6, 6.07) is 5.24. The van der Waals surface area contributed by atoms with Gasteiger partial charge in [-0.05, 0) is 30.5 Å². The lowest BCUT2D eigenvalue weighted by Crippen LogP contribution is -2.26. The van der Waals surface area contributed by atoms with Crippen LogP contribution in [0.3, 0.4) is 0 Å². The largest absolute Gasteiger partial charge is 0.416 e. The number of benzene rings is 1. The monoisotopic (exact) mass is 339 g/mol. The summed E-state index contributed by atoms with van der Waals surface area (Å²) in [6.45, 7) is 2.16. The number of aryl methyl sites for hydroxylation is 1. The zero-order chi connectivity index (χ0) is 17.2. The van der Waals surface area contributed by atoms with Crippen molar-refractivity contribution in [2.24, 2.45) is 0 Å². The molecular weight excluding hydrogens is 319 g/mol. The average Bonchev–Trinajstić information content (AvgIpc) is 3.16. The van der Waals surface area contributed by atoms with Crippen LogP contribution in [0.15, 0.2) is 43.0 Å². The molecule has 1 saturated heterocycles. The van der Waals surface area contributed by atoms with E-state index in [9.17, 15) is 18.3 Å². The van der Waals surface area contributed by atoms with Gasteiger partial charge in [0.15, 0.2) is 0 Å². The Morgan fingerprint density at radius 2 is 1.92 bits per heavy atom. The molecule has 3 rings (SSSR count). The molecule has 1 fully saturated rings. The molecule has 2 aromatic rings. The van der Waals surface area contributed by atoms with Crippen molar-refractivity contribution < 1.29 is 18.3 Å². The molecular formula is C17H20F3N3O. The van der Waals surface area contributed by atoms with E-state index < -0.39 is 17.8 Å². The number of aliphatic hydroxyl groups is 1. The molecule has 2 unspecified atom stereocenters. The first-order chi connectivity index (χ1) is 11.4. The third-order valence-electron chi connectivity index (χ3n) is 4.42. The van der Waals surface area contributed by atoms with Gasteiger partial charge in [-0.1, -0.05) is 12.1 Å². The van der Waals surface area contributed by atoms with Crippen molar-refractivity contribution in [2.75, 3.05) is 13.1 Å². The molecule has 2 heterocycles. The van der Waals surface area contributed by atoms with Crippen LogP contribution in [0.2, 0.25) is 0 Å². The predicted molar refractivity (Wildman–Crippen MR) is 83.2 cm³/mol. The van der Waals surface area contributed by atoms with Crippen molar-refractivity contribution in [3.63, 3.8) is 0 Å². The summed E-state index contributed by atoms with van der Waals surface area (Å²) in [5.41, 5.74) is 0.179. The van der Waals surface area contributed by atoms with E-state index in [0.717, 1.165) is 37.2 Å². The number of β-amino-alcohol motifs (C(OH)–C–C–N with tert-alkyl or cyclic N) is 1. The molecule has 1 aromatic carbocycles. The van der Waals surface area contributed by atoms with Crippen LogP contribution >= 0.6 is 0 Å². The van der Waals surface area contributed by atoms with Gasteiger partial charge in [0.2, 0.25) is 0 Å². The SMILES string of the molecule is OC1CC(c2ccc(C(F)(F)F)cc2)N(CCCn2ccnc2)C1. The topological polar surface area (TPSA) is 41.3 Å². The Hall–Kier alpha value is -1.86. The Morgan fingerprint density at radius 3 is 2.54 bits per heavy atom.